The molecule has 128 valence electrons. The van der Waals surface area contributed by atoms with Crippen LogP contribution in [-0.4, -0.2) is 38.6 Å². The number of amides is 1. The van der Waals surface area contributed by atoms with Crippen molar-refractivity contribution in [3.63, 3.8) is 0 Å². The smallest absolute Gasteiger partial charge is 0.223 e. The zero-order valence-corrected chi connectivity index (χ0v) is 15.1. The Morgan fingerprint density at radius 3 is 2.88 bits per heavy atom. The molecule has 1 saturated carbocycles. The summed E-state index contributed by atoms with van der Waals surface area (Å²) in [6.45, 7) is 4.20. The van der Waals surface area contributed by atoms with Crippen molar-refractivity contribution < 1.29 is 9.90 Å². The summed E-state index contributed by atoms with van der Waals surface area (Å²) in [6, 6.07) is 8.56. The van der Waals surface area contributed by atoms with Crippen molar-refractivity contribution in [3.8, 4) is 0 Å². The van der Waals surface area contributed by atoms with Crippen LogP contribution in [0.4, 0.5) is 0 Å². The first-order valence-electron chi connectivity index (χ1n) is 8.88. The molecule has 2 atom stereocenters. The maximum Gasteiger partial charge on any atom is 0.223 e. The van der Waals surface area contributed by atoms with Gasteiger partial charge in [-0.15, -0.1) is 11.3 Å². The molecule has 24 heavy (non-hydrogen) atoms. The topological polar surface area (TPSA) is 53.4 Å². The number of hydrogen-bond acceptors (Lipinski definition) is 4. The number of fused-ring (bicyclic) bond motifs is 3. The van der Waals surface area contributed by atoms with Crippen LogP contribution in [0.25, 0.3) is 10.2 Å². The lowest BCUT2D eigenvalue weighted by Crippen LogP contribution is -2.67. The Morgan fingerprint density at radius 2 is 2.17 bits per heavy atom. The number of piperidine rings is 2. The fraction of sp³-hybridized carbons (Fsp3) is 0.579. The van der Waals surface area contributed by atoms with Gasteiger partial charge in [-0.1, -0.05) is 26.0 Å². The number of benzene rings is 1. The van der Waals surface area contributed by atoms with E-state index in [0.717, 1.165) is 36.2 Å². The third-order valence-corrected chi connectivity index (χ3v) is 6.87. The van der Waals surface area contributed by atoms with E-state index in [-0.39, 0.29) is 23.9 Å². The maximum absolute atomic E-state index is 12.9. The molecule has 2 aromatic rings. The van der Waals surface area contributed by atoms with Crippen LogP contribution in [0.3, 0.4) is 0 Å². The third kappa shape index (κ3) is 2.64. The van der Waals surface area contributed by atoms with Gasteiger partial charge in [-0.05, 0) is 37.8 Å². The Kier molecular flexibility index (Phi) is 3.88. The molecule has 1 amide bonds. The largest absolute Gasteiger partial charge is 0.390 e. The van der Waals surface area contributed by atoms with E-state index in [0.29, 0.717) is 6.42 Å². The van der Waals surface area contributed by atoms with E-state index < -0.39 is 5.60 Å². The van der Waals surface area contributed by atoms with Gasteiger partial charge in [0.15, 0.2) is 0 Å². The van der Waals surface area contributed by atoms with Crippen LogP contribution >= 0.6 is 11.3 Å². The van der Waals surface area contributed by atoms with E-state index in [4.69, 9.17) is 4.98 Å². The number of rotatable bonds is 4. The van der Waals surface area contributed by atoms with Gasteiger partial charge in [-0.25, -0.2) is 4.98 Å². The minimum atomic E-state index is -0.499. The van der Waals surface area contributed by atoms with Gasteiger partial charge in [0.1, 0.15) is 0 Å². The summed E-state index contributed by atoms with van der Waals surface area (Å²) in [5, 5.41) is 11.4. The van der Waals surface area contributed by atoms with E-state index in [1.54, 1.807) is 11.3 Å². The van der Waals surface area contributed by atoms with Gasteiger partial charge in [-0.2, -0.15) is 0 Å². The Hall–Kier alpha value is -1.46. The molecule has 2 unspecified atom stereocenters. The molecule has 1 aromatic heterocycles. The third-order valence-electron chi connectivity index (χ3n) is 5.61. The normalized spacial score (nSPS) is 30.2. The SMILES string of the molecule is CCC1CC2(O)CC(C2)N1C(=O)CC(C)c1nc2ccccc2s1. The van der Waals surface area contributed by atoms with E-state index >= 15 is 0 Å². The van der Waals surface area contributed by atoms with Crippen LogP contribution < -0.4 is 0 Å². The summed E-state index contributed by atoms with van der Waals surface area (Å²) in [7, 11) is 0. The number of carbonyl (C=O) groups excluding carboxylic acids is 1. The second-order valence-corrected chi connectivity index (χ2v) is 8.54. The lowest BCUT2D eigenvalue weighted by Gasteiger charge is -2.58. The highest BCUT2D eigenvalue weighted by molar-refractivity contribution is 7.18. The van der Waals surface area contributed by atoms with Gasteiger partial charge in [0.2, 0.25) is 5.91 Å². The van der Waals surface area contributed by atoms with Crippen LogP contribution in [0, 0.1) is 0 Å². The molecule has 4 nitrogen and oxygen atoms in total. The van der Waals surface area contributed by atoms with Gasteiger partial charge in [0, 0.05) is 24.4 Å². The predicted molar refractivity (Wildman–Crippen MR) is 96.2 cm³/mol. The molecule has 1 N–H and O–H groups in total. The molecule has 1 aromatic carbocycles. The maximum atomic E-state index is 12.9. The standard InChI is InChI=1S/C19H24N2O2S/c1-3-13-9-19(23)10-14(11-19)21(13)17(22)8-12(2)18-20-15-6-4-5-7-16(15)24-18/h4-7,12-14,23H,3,8-11H2,1-2H3. The van der Waals surface area contributed by atoms with Crippen molar-refractivity contribution in [1.29, 1.82) is 0 Å². The second kappa shape index (κ2) is 5.81. The molecule has 3 heterocycles. The highest BCUT2D eigenvalue weighted by atomic mass is 32.1. The number of carbonyl (C=O) groups is 1. The number of aliphatic hydroxyl groups is 1. The summed E-state index contributed by atoms with van der Waals surface area (Å²) in [5.74, 6) is 0.355. The minimum Gasteiger partial charge on any atom is -0.390 e. The molecule has 1 aliphatic carbocycles. The van der Waals surface area contributed by atoms with Gasteiger partial charge in [0.25, 0.3) is 0 Å². The number of hydrogen-bond donors (Lipinski definition) is 1. The zero-order valence-electron chi connectivity index (χ0n) is 14.2. The average molecular weight is 344 g/mol. The molecule has 3 aliphatic rings. The zero-order chi connectivity index (χ0) is 16.9. The van der Waals surface area contributed by atoms with Gasteiger partial charge in [-0.3, -0.25) is 4.79 Å². The highest BCUT2D eigenvalue weighted by Gasteiger charge is 2.54. The highest BCUT2D eigenvalue weighted by Crippen LogP contribution is 2.47. The van der Waals surface area contributed by atoms with Crippen molar-refractivity contribution in [2.75, 3.05) is 0 Å². The summed E-state index contributed by atoms with van der Waals surface area (Å²) in [4.78, 5) is 19.7. The Labute approximate surface area is 146 Å². The van der Waals surface area contributed by atoms with Crippen molar-refractivity contribution in [2.45, 2.75) is 69.6 Å². The molecule has 2 bridgehead atoms. The second-order valence-electron chi connectivity index (χ2n) is 7.48. The summed E-state index contributed by atoms with van der Waals surface area (Å²) >= 11 is 1.69. The Bertz CT molecular complexity index is 733. The monoisotopic (exact) mass is 344 g/mol. The van der Waals surface area contributed by atoms with Crippen LogP contribution in [-0.2, 0) is 4.79 Å². The van der Waals surface area contributed by atoms with Crippen LogP contribution in [0.1, 0.15) is 56.9 Å². The number of nitrogens with zero attached hydrogens (tertiary/aromatic N) is 2. The van der Waals surface area contributed by atoms with E-state index in [9.17, 15) is 9.90 Å². The van der Waals surface area contributed by atoms with Crippen molar-refractivity contribution in [3.05, 3.63) is 29.3 Å². The lowest BCUT2D eigenvalue weighted by molar-refractivity contribution is -0.178. The average Bonchev–Trinajstić information content (AvgIpc) is 2.97. The van der Waals surface area contributed by atoms with Gasteiger partial charge >= 0.3 is 0 Å². The van der Waals surface area contributed by atoms with Gasteiger partial charge < -0.3 is 10.0 Å². The van der Waals surface area contributed by atoms with Crippen molar-refractivity contribution in [2.24, 2.45) is 0 Å². The minimum absolute atomic E-state index is 0.133. The van der Waals surface area contributed by atoms with Crippen molar-refractivity contribution >= 4 is 27.5 Å². The molecular weight excluding hydrogens is 320 g/mol. The van der Waals surface area contributed by atoms with Crippen LogP contribution in [0.2, 0.25) is 0 Å². The molecule has 5 heteroatoms. The molecule has 0 spiro atoms. The lowest BCUT2D eigenvalue weighted by atomic mass is 9.66. The fourth-order valence-electron chi connectivity index (χ4n) is 4.32. The summed E-state index contributed by atoms with van der Waals surface area (Å²) in [6.07, 6.45) is 3.67. The van der Waals surface area contributed by atoms with E-state index in [1.807, 2.05) is 18.2 Å². The summed E-state index contributed by atoms with van der Waals surface area (Å²) in [5.41, 5.74) is 0.520. The van der Waals surface area contributed by atoms with Crippen LogP contribution in [0.5, 0.6) is 0 Å². The first kappa shape index (κ1) is 16.0. The Balaban J connectivity index is 1.48. The first-order valence-corrected chi connectivity index (χ1v) is 9.70. The quantitative estimate of drug-likeness (QED) is 0.920. The molecule has 0 radical (unpaired) electrons. The molecule has 2 aliphatic heterocycles. The molecular formula is C19H24N2O2S. The first-order chi connectivity index (χ1) is 11.5. The number of para-hydroxylation sites is 1. The van der Waals surface area contributed by atoms with E-state index in [1.165, 1.54) is 4.70 Å². The van der Waals surface area contributed by atoms with Gasteiger partial charge in [0.05, 0.1) is 20.8 Å². The fourth-order valence-corrected chi connectivity index (χ4v) is 5.34. The predicted octanol–water partition coefficient (Wildman–Crippen LogP) is 3.69. The van der Waals surface area contributed by atoms with E-state index in [2.05, 4.69) is 24.8 Å². The molecule has 2 saturated heterocycles. The summed E-state index contributed by atoms with van der Waals surface area (Å²) < 4.78 is 1.18. The number of thiazole rings is 1. The van der Waals surface area contributed by atoms with Crippen LogP contribution in [0.15, 0.2) is 24.3 Å². The molecule has 5 rings (SSSR count). The Morgan fingerprint density at radius 1 is 1.42 bits per heavy atom. The molecule has 3 fully saturated rings. The number of aromatic nitrogens is 1. The van der Waals surface area contributed by atoms with Crippen molar-refractivity contribution in [1.82, 2.24) is 9.88 Å².